The van der Waals surface area contributed by atoms with Crippen LogP contribution in [-0.2, 0) is 24.4 Å². The molecule has 0 bridgehead atoms. The van der Waals surface area contributed by atoms with Crippen LogP contribution >= 0.6 is 0 Å². The van der Waals surface area contributed by atoms with Crippen LogP contribution in [0.3, 0.4) is 0 Å². The first kappa shape index (κ1) is 35.9. The minimum absolute atomic E-state index is 0.0184. The predicted octanol–water partition coefficient (Wildman–Crippen LogP) is 8.53. The first-order valence-corrected chi connectivity index (χ1v) is 13.4. The van der Waals surface area contributed by atoms with Crippen molar-refractivity contribution in [2.45, 2.75) is 88.4 Å². The maximum absolute atomic E-state index is 13.9. The Kier molecular flexibility index (Phi) is 10.4. The molecular formula is C29H29F9O7. The second kappa shape index (κ2) is 13.1. The smallest absolute Gasteiger partial charge is 0.427 e. The van der Waals surface area contributed by atoms with Crippen molar-refractivity contribution in [2.24, 2.45) is 0 Å². The van der Waals surface area contributed by atoms with Gasteiger partial charge in [0.2, 0.25) is 0 Å². The molecule has 0 amide bonds. The second-order valence-corrected chi connectivity index (χ2v) is 10.8. The van der Waals surface area contributed by atoms with E-state index in [0.717, 1.165) is 43.2 Å². The number of hydrogen-bond acceptors (Lipinski definition) is 7. The van der Waals surface area contributed by atoms with Gasteiger partial charge in [-0.15, -0.1) is 0 Å². The van der Waals surface area contributed by atoms with Crippen LogP contribution in [0.4, 0.5) is 44.3 Å². The standard InChI is InChI=1S/C29H29F9O7/c1-18(39)42-21-11-7-19(8-12-21)25(15-5-4-6-16-25)20-9-13-22(14-10-20)43-23(40)41-17-26(31,32)44-28(35,36)29(37,38)45-27(33,34)24(2,3)30/h7-14H,4-6,15-17H2,1-3H3. The summed E-state index contributed by atoms with van der Waals surface area (Å²) in [7, 11) is 0. The van der Waals surface area contributed by atoms with Crippen LogP contribution in [-0.4, -0.2) is 48.8 Å². The fourth-order valence-corrected chi connectivity index (χ4v) is 4.64. The molecule has 0 aromatic heterocycles. The van der Waals surface area contributed by atoms with E-state index in [1.54, 1.807) is 24.3 Å². The summed E-state index contributed by atoms with van der Waals surface area (Å²) >= 11 is 0. The molecule has 1 aliphatic rings. The topological polar surface area (TPSA) is 80.3 Å². The first-order chi connectivity index (χ1) is 20.6. The number of hydrogen-bond donors (Lipinski definition) is 0. The Balaban J connectivity index is 1.65. The van der Waals surface area contributed by atoms with E-state index in [0.29, 0.717) is 5.75 Å². The van der Waals surface area contributed by atoms with Gasteiger partial charge in [-0.2, -0.15) is 35.1 Å². The molecule has 0 saturated heterocycles. The van der Waals surface area contributed by atoms with Crippen LogP contribution in [0.1, 0.15) is 64.0 Å². The van der Waals surface area contributed by atoms with E-state index in [2.05, 4.69) is 14.2 Å². The van der Waals surface area contributed by atoms with Gasteiger partial charge < -0.3 is 14.2 Å². The molecular weight excluding hydrogens is 631 g/mol. The number of ether oxygens (including phenoxy) is 5. The second-order valence-electron chi connectivity index (χ2n) is 10.8. The lowest BCUT2D eigenvalue weighted by Gasteiger charge is -2.38. The maximum Gasteiger partial charge on any atom is 0.514 e. The quantitative estimate of drug-likeness (QED) is 0.0978. The van der Waals surface area contributed by atoms with Gasteiger partial charge in [0, 0.05) is 12.3 Å². The SMILES string of the molecule is CC(=O)Oc1ccc(C2(c3ccc(OC(=O)OCC(F)(F)OC(F)(F)C(F)(F)OC(F)(F)C(C)(C)F)cc3)CCCCC2)cc1. The zero-order chi connectivity index (χ0) is 33.9. The van der Waals surface area contributed by atoms with Crippen molar-refractivity contribution in [1.29, 1.82) is 0 Å². The summed E-state index contributed by atoms with van der Waals surface area (Å²) in [6.07, 6.45) is -21.3. The number of halogens is 9. The highest BCUT2D eigenvalue weighted by atomic mass is 19.3. The van der Waals surface area contributed by atoms with Crippen LogP contribution in [0, 0.1) is 0 Å². The highest BCUT2D eigenvalue weighted by molar-refractivity contribution is 5.69. The molecule has 1 fully saturated rings. The third-order valence-corrected chi connectivity index (χ3v) is 6.91. The monoisotopic (exact) mass is 660 g/mol. The Morgan fingerprint density at radius 2 is 1.11 bits per heavy atom. The van der Waals surface area contributed by atoms with Gasteiger partial charge in [0.1, 0.15) is 11.5 Å². The van der Waals surface area contributed by atoms with Crippen LogP contribution in [0.5, 0.6) is 11.5 Å². The van der Waals surface area contributed by atoms with Crippen molar-refractivity contribution in [3.63, 3.8) is 0 Å². The zero-order valence-corrected chi connectivity index (χ0v) is 24.1. The van der Waals surface area contributed by atoms with Gasteiger partial charge >= 0.3 is 36.6 Å². The molecule has 1 aliphatic carbocycles. The molecule has 0 unspecified atom stereocenters. The number of carbonyl (C=O) groups is 2. The lowest BCUT2D eigenvalue weighted by Crippen LogP contribution is -2.55. The fourth-order valence-electron chi connectivity index (χ4n) is 4.64. The molecule has 250 valence electrons. The Bertz CT molecular complexity index is 1320. The summed E-state index contributed by atoms with van der Waals surface area (Å²) in [5.41, 5.74) is -2.62. The van der Waals surface area contributed by atoms with E-state index in [1.807, 2.05) is 12.1 Å². The molecule has 16 heteroatoms. The Morgan fingerprint density at radius 3 is 1.56 bits per heavy atom. The molecule has 2 aromatic carbocycles. The molecule has 0 N–H and O–H groups in total. The Hall–Kier alpha value is -3.53. The van der Waals surface area contributed by atoms with Crippen LogP contribution < -0.4 is 9.47 Å². The summed E-state index contributed by atoms with van der Waals surface area (Å²) in [5, 5.41) is 0. The number of carbonyl (C=O) groups excluding carboxylic acids is 2. The summed E-state index contributed by atoms with van der Waals surface area (Å²) in [6.45, 7) is -1.09. The molecule has 0 aliphatic heterocycles. The van der Waals surface area contributed by atoms with E-state index in [1.165, 1.54) is 19.1 Å². The largest absolute Gasteiger partial charge is 0.514 e. The zero-order valence-electron chi connectivity index (χ0n) is 24.1. The summed E-state index contributed by atoms with van der Waals surface area (Å²) < 4.78 is 141. The predicted molar refractivity (Wildman–Crippen MR) is 137 cm³/mol. The van der Waals surface area contributed by atoms with E-state index >= 15 is 0 Å². The molecule has 7 nitrogen and oxygen atoms in total. The van der Waals surface area contributed by atoms with Crippen molar-refractivity contribution in [1.82, 2.24) is 0 Å². The average Bonchev–Trinajstić information content (AvgIpc) is 2.91. The molecule has 0 atom stereocenters. The Labute approximate surface area is 251 Å². The fraction of sp³-hybridized carbons (Fsp3) is 0.517. The van der Waals surface area contributed by atoms with Gasteiger partial charge in [0.05, 0.1) is 0 Å². The van der Waals surface area contributed by atoms with Gasteiger partial charge in [-0.1, -0.05) is 43.5 Å². The highest BCUT2D eigenvalue weighted by Crippen LogP contribution is 2.47. The number of rotatable bonds is 12. The first-order valence-electron chi connectivity index (χ1n) is 13.4. The van der Waals surface area contributed by atoms with Crippen molar-refractivity contribution in [3.05, 3.63) is 59.7 Å². The van der Waals surface area contributed by atoms with E-state index in [4.69, 9.17) is 9.47 Å². The summed E-state index contributed by atoms with van der Waals surface area (Å²) in [6, 6.07) is 12.8. The summed E-state index contributed by atoms with van der Waals surface area (Å²) in [4.78, 5) is 23.2. The summed E-state index contributed by atoms with van der Waals surface area (Å²) in [5.74, 6) is -0.328. The minimum Gasteiger partial charge on any atom is -0.427 e. The third-order valence-electron chi connectivity index (χ3n) is 6.91. The molecule has 0 heterocycles. The molecule has 0 spiro atoms. The van der Waals surface area contributed by atoms with Crippen LogP contribution in [0.15, 0.2) is 48.5 Å². The van der Waals surface area contributed by atoms with Gasteiger partial charge in [-0.3, -0.25) is 4.79 Å². The molecule has 1 saturated carbocycles. The van der Waals surface area contributed by atoms with E-state index < -0.39 is 54.2 Å². The number of benzene rings is 2. The highest BCUT2D eigenvalue weighted by Gasteiger charge is 2.69. The molecule has 3 rings (SSSR count). The number of esters is 1. The van der Waals surface area contributed by atoms with Gasteiger partial charge in [0.15, 0.2) is 12.3 Å². The molecule has 2 aromatic rings. The van der Waals surface area contributed by atoms with Crippen molar-refractivity contribution < 1.29 is 72.8 Å². The van der Waals surface area contributed by atoms with Crippen LogP contribution in [0.2, 0.25) is 0 Å². The maximum atomic E-state index is 13.9. The van der Waals surface area contributed by atoms with E-state index in [9.17, 15) is 49.1 Å². The van der Waals surface area contributed by atoms with Gasteiger partial charge in [0.25, 0.3) is 0 Å². The normalized spacial score (nSPS) is 16.2. The minimum atomic E-state index is -6.44. The number of alkyl halides is 9. The lowest BCUT2D eigenvalue weighted by molar-refractivity contribution is -0.522. The van der Waals surface area contributed by atoms with Gasteiger partial charge in [-0.25, -0.2) is 18.7 Å². The molecule has 0 radical (unpaired) electrons. The lowest BCUT2D eigenvalue weighted by atomic mass is 9.65. The van der Waals surface area contributed by atoms with Gasteiger partial charge in [-0.05, 0) is 62.1 Å². The third kappa shape index (κ3) is 8.81. The van der Waals surface area contributed by atoms with Crippen molar-refractivity contribution >= 4 is 12.1 Å². The Morgan fingerprint density at radius 1 is 0.667 bits per heavy atom. The van der Waals surface area contributed by atoms with Crippen LogP contribution in [0.25, 0.3) is 0 Å². The van der Waals surface area contributed by atoms with E-state index in [-0.39, 0.29) is 19.6 Å². The van der Waals surface area contributed by atoms with Crippen molar-refractivity contribution in [2.75, 3.05) is 6.61 Å². The molecule has 45 heavy (non-hydrogen) atoms. The average molecular weight is 661 g/mol. The van der Waals surface area contributed by atoms with Crippen molar-refractivity contribution in [3.8, 4) is 11.5 Å².